The van der Waals surface area contributed by atoms with E-state index in [-0.39, 0.29) is 25.6 Å². The Morgan fingerprint density at radius 1 is 0.943 bits per heavy atom. The van der Waals surface area contributed by atoms with Crippen LogP contribution in [0.2, 0.25) is 0 Å². The van der Waals surface area contributed by atoms with Crippen LogP contribution in [0, 0.1) is 0 Å². The summed E-state index contributed by atoms with van der Waals surface area (Å²) in [5, 5.41) is 9.41. The zero-order chi connectivity index (χ0) is 26.1. The molecule has 1 aliphatic heterocycles. The highest BCUT2D eigenvalue weighted by Crippen LogP contribution is 2.39. The van der Waals surface area contributed by atoms with Gasteiger partial charge in [-0.1, -0.05) is 30.3 Å². The van der Waals surface area contributed by atoms with Gasteiger partial charge < -0.3 is 14.9 Å². The number of carbonyl (C=O) groups is 2. The van der Waals surface area contributed by atoms with Gasteiger partial charge in [0, 0.05) is 44.8 Å². The van der Waals surface area contributed by atoms with Crippen LogP contribution in [0.1, 0.15) is 29.0 Å². The molecule has 6 nitrogen and oxygen atoms in total. The zero-order valence-electron chi connectivity index (χ0n) is 18.8. The molecular formula is C23H23F6N3O3. The SMILES string of the molecule is CN(C(=O)N(C)[C@@H]1CCN(C(=O)O)C[C@H]1c1ccccc1)c1cc(C(F)(F)F)cc(C(F)(F)F)c1. The van der Waals surface area contributed by atoms with E-state index in [1.165, 1.54) is 16.8 Å². The molecule has 35 heavy (non-hydrogen) atoms. The van der Waals surface area contributed by atoms with E-state index in [2.05, 4.69) is 0 Å². The van der Waals surface area contributed by atoms with Gasteiger partial charge in [0.2, 0.25) is 0 Å². The molecule has 12 heteroatoms. The van der Waals surface area contributed by atoms with E-state index in [0.29, 0.717) is 12.1 Å². The number of halogens is 6. The van der Waals surface area contributed by atoms with Gasteiger partial charge in [-0.05, 0) is 30.2 Å². The Bertz CT molecular complexity index is 1040. The second-order valence-electron chi connectivity index (χ2n) is 8.32. The number of carboxylic acid groups (broad SMARTS) is 1. The van der Waals surface area contributed by atoms with Crippen molar-refractivity contribution < 1.29 is 41.0 Å². The van der Waals surface area contributed by atoms with Gasteiger partial charge in [0.15, 0.2) is 0 Å². The number of hydrogen-bond donors (Lipinski definition) is 1. The summed E-state index contributed by atoms with van der Waals surface area (Å²) in [5.41, 5.74) is -2.87. The van der Waals surface area contributed by atoms with E-state index >= 15 is 0 Å². The zero-order valence-corrected chi connectivity index (χ0v) is 18.8. The molecule has 2 aromatic rings. The highest BCUT2D eigenvalue weighted by Gasteiger charge is 2.40. The lowest BCUT2D eigenvalue weighted by Gasteiger charge is -2.43. The van der Waals surface area contributed by atoms with Crippen LogP contribution in [0.4, 0.5) is 41.6 Å². The first-order chi connectivity index (χ1) is 16.2. The Morgan fingerprint density at radius 3 is 1.97 bits per heavy atom. The van der Waals surface area contributed by atoms with Crippen LogP contribution in [-0.2, 0) is 12.4 Å². The first-order valence-corrected chi connectivity index (χ1v) is 10.5. The fraction of sp³-hybridized carbons (Fsp3) is 0.391. The van der Waals surface area contributed by atoms with Gasteiger partial charge in [0.1, 0.15) is 0 Å². The average molecular weight is 503 g/mol. The monoisotopic (exact) mass is 503 g/mol. The van der Waals surface area contributed by atoms with Crippen molar-refractivity contribution >= 4 is 17.8 Å². The summed E-state index contributed by atoms with van der Waals surface area (Å²) in [6.07, 6.45) is -11.0. The van der Waals surface area contributed by atoms with E-state index in [4.69, 9.17) is 0 Å². The number of carbonyl (C=O) groups excluding carboxylic acids is 1. The summed E-state index contributed by atoms with van der Waals surface area (Å²) >= 11 is 0. The lowest BCUT2D eigenvalue weighted by molar-refractivity contribution is -0.143. The quantitative estimate of drug-likeness (QED) is 0.543. The number of piperidine rings is 1. The highest BCUT2D eigenvalue weighted by molar-refractivity contribution is 5.92. The van der Waals surface area contributed by atoms with Crippen LogP contribution in [0.15, 0.2) is 48.5 Å². The predicted octanol–water partition coefficient (Wildman–Crippen LogP) is 5.75. The van der Waals surface area contributed by atoms with E-state index in [0.717, 1.165) is 17.5 Å². The summed E-state index contributed by atoms with van der Waals surface area (Å²) in [5.74, 6) is -0.448. The third-order valence-corrected chi connectivity index (χ3v) is 6.12. The molecule has 2 aromatic carbocycles. The number of amides is 3. The van der Waals surface area contributed by atoms with Crippen molar-refractivity contribution in [1.82, 2.24) is 9.80 Å². The van der Waals surface area contributed by atoms with Gasteiger partial charge in [-0.25, -0.2) is 9.59 Å². The fourth-order valence-electron chi connectivity index (χ4n) is 4.23. The molecule has 0 spiro atoms. The molecule has 0 bridgehead atoms. The number of hydrogen-bond acceptors (Lipinski definition) is 2. The minimum absolute atomic E-state index is 0.00140. The standard InChI is InChI=1S/C23H23F6N3O3/c1-30(17-11-15(22(24,25)26)10-16(12-17)23(27,28)29)20(33)31(2)19-8-9-32(21(34)35)13-18(19)14-6-4-3-5-7-14/h3-7,10-12,18-19H,8-9,13H2,1-2H3,(H,34,35)/t18-,19+/m0/s1. The van der Waals surface area contributed by atoms with Crippen LogP contribution < -0.4 is 4.90 Å². The van der Waals surface area contributed by atoms with Crippen molar-refractivity contribution in [3.8, 4) is 0 Å². The maximum Gasteiger partial charge on any atom is 0.416 e. The maximum atomic E-state index is 13.3. The van der Waals surface area contributed by atoms with Gasteiger partial charge in [-0.3, -0.25) is 4.90 Å². The molecule has 0 radical (unpaired) electrons. The molecule has 1 saturated heterocycles. The van der Waals surface area contributed by atoms with Crippen LogP contribution >= 0.6 is 0 Å². The van der Waals surface area contributed by atoms with Gasteiger partial charge >= 0.3 is 24.5 Å². The molecule has 190 valence electrons. The van der Waals surface area contributed by atoms with Gasteiger partial charge in [-0.2, -0.15) is 26.3 Å². The Kier molecular flexibility index (Phi) is 7.23. The Hall–Kier alpha value is -3.44. The lowest BCUT2D eigenvalue weighted by atomic mass is 9.85. The molecule has 3 amide bonds. The van der Waals surface area contributed by atoms with Gasteiger partial charge in [-0.15, -0.1) is 0 Å². The lowest BCUT2D eigenvalue weighted by Crippen LogP contribution is -2.54. The van der Waals surface area contributed by atoms with Gasteiger partial charge in [0.05, 0.1) is 11.1 Å². The van der Waals surface area contributed by atoms with Crippen LogP contribution in [0.25, 0.3) is 0 Å². The molecule has 2 atom stereocenters. The largest absolute Gasteiger partial charge is 0.465 e. The maximum absolute atomic E-state index is 13.3. The molecule has 0 saturated carbocycles. The summed E-state index contributed by atoms with van der Waals surface area (Å²) in [6.45, 7) is 0.194. The third kappa shape index (κ3) is 5.80. The number of nitrogens with zero attached hydrogens (tertiary/aromatic N) is 3. The topological polar surface area (TPSA) is 64.1 Å². The summed E-state index contributed by atoms with van der Waals surface area (Å²) in [4.78, 5) is 27.9. The van der Waals surface area contributed by atoms with E-state index < -0.39 is 53.3 Å². The van der Waals surface area contributed by atoms with E-state index in [1.54, 1.807) is 30.3 Å². The highest BCUT2D eigenvalue weighted by atomic mass is 19.4. The summed E-state index contributed by atoms with van der Waals surface area (Å²) < 4.78 is 79.5. The molecule has 1 fully saturated rings. The number of anilines is 1. The number of benzene rings is 2. The van der Waals surface area contributed by atoms with E-state index in [1.807, 2.05) is 0 Å². The molecule has 1 N–H and O–H groups in total. The smallest absolute Gasteiger partial charge is 0.416 e. The van der Waals surface area contributed by atoms with Crippen LogP contribution in [-0.4, -0.2) is 60.3 Å². The average Bonchev–Trinajstić information content (AvgIpc) is 2.81. The normalized spacial score (nSPS) is 18.8. The van der Waals surface area contributed by atoms with E-state index in [9.17, 15) is 41.0 Å². The first-order valence-electron chi connectivity index (χ1n) is 10.5. The van der Waals surface area contributed by atoms with Crippen molar-refractivity contribution in [2.75, 3.05) is 32.1 Å². The predicted molar refractivity (Wildman–Crippen MR) is 115 cm³/mol. The molecule has 0 aliphatic carbocycles. The molecule has 1 aliphatic rings. The van der Waals surface area contributed by atoms with Crippen molar-refractivity contribution in [2.45, 2.75) is 30.7 Å². The Labute approximate surface area is 197 Å². The second kappa shape index (κ2) is 9.67. The minimum Gasteiger partial charge on any atom is -0.465 e. The molecule has 1 heterocycles. The molecule has 0 unspecified atom stereocenters. The number of likely N-dealkylation sites (tertiary alicyclic amines) is 1. The Balaban J connectivity index is 1.94. The third-order valence-electron chi connectivity index (χ3n) is 6.12. The van der Waals surface area contributed by atoms with Gasteiger partial charge in [0.25, 0.3) is 0 Å². The molecular weight excluding hydrogens is 480 g/mol. The first kappa shape index (κ1) is 26.2. The molecule has 0 aromatic heterocycles. The van der Waals surface area contributed by atoms with Crippen molar-refractivity contribution in [3.05, 3.63) is 65.2 Å². The number of rotatable bonds is 3. The van der Waals surface area contributed by atoms with Crippen molar-refractivity contribution in [2.24, 2.45) is 0 Å². The minimum atomic E-state index is -5.05. The summed E-state index contributed by atoms with van der Waals surface area (Å²) in [6, 6.07) is 8.42. The van der Waals surface area contributed by atoms with Crippen molar-refractivity contribution in [1.29, 1.82) is 0 Å². The second-order valence-corrected chi connectivity index (χ2v) is 8.32. The number of likely N-dealkylation sites (N-methyl/N-ethyl adjacent to an activating group) is 1. The van der Waals surface area contributed by atoms with Crippen LogP contribution in [0.5, 0.6) is 0 Å². The molecule has 3 rings (SSSR count). The number of urea groups is 1. The van der Waals surface area contributed by atoms with Crippen molar-refractivity contribution in [3.63, 3.8) is 0 Å². The number of alkyl halides is 6. The summed E-state index contributed by atoms with van der Waals surface area (Å²) in [7, 11) is 2.49. The Morgan fingerprint density at radius 2 is 1.49 bits per heavy atom. The fourth-order valence-corrected chi connectivity index (χ4v) is 4.23. The van der Waals surface area contributed by atoms with Crippen LogP contribution in [0.3, 0.4) is 0 Å².